The summed E-state index contributed by atoms with van der Waals surface area (Å²) in [5.41, 5.74) is 1.21. The maximum Gasteiger partial charge on any atom is 0.306 e. The molecule has 132 valence electrons. The predicted octanol–water partition coefficient (Wildman–Crippen LogP) is 3.16. The van der Waals surface area contributed by atoms with Gasteiger partial charge >= 0.3 is 5.97 Å². The van der Waals surface area contributed by atoms with E-state index in [9.17, 15) is 9.59 Å². The molecule has 5 nitrogen and oxygen atoms in total. The smallest absolute Gasteiger partial charge is 0.306 e. The molecule has 0 radical (unpaired) electrons. The number of hydrogen-bond acceptors (Lipinski definition) is 3. The van der Waals surface area contributed by atoms with Gasteiger partial charge in [-0.3, -0.25) is 9.59 Å². The summed E-state index contributed by atoms with van der Waals surface area (Å²) in [6.07, 6.45) is 4.50. The summed E-state index contributed by atoms with van der Waals surface area (Å²) in [5, 5.41) is 12.0. The molecule has 0 bridgehead atoms. The quantitative estimate of drug-likeness (QED) is 0.717. The molecule has 1 fully saturated rings. The molecule has 1 aliphatic rings. The molecule has 5 heteroatoms. The molecule has 2 unspecified atom stereocenters. The molecule has 2 atom stereocenters. The third-order valence-corrected chi connectivity index (χ3v) is 4.55. The van der Waals surface area contributed by atoms with Crippen molar-refractivity contribution in [3.63, 3.8) is 0 Å². The van der Waals surface area contributed by atoms with E-state index < -0.39 is 5.97 Å². The van der Waals surface area contributed by atoms with E-state index in [1.807, 2.05) is 31.2 Å². The summed E-state index contributed by atoms with van der Waals surface area (Å²) < 4.78 is 5.65. The summed E-state index contributed by atoms with van der Waals surface area (Å²) >= 11 is 0. The normalized spacial score (nSPS) is 20.4. The Labute approximate surface area is 143 Å². The molecule has 1 saturated carbocycles. The summed E-state index contributed by atoms with van der Waals surface area (Å²) in [7, 11) is 0. The fourth-order valence-corrected chi connectivity index (χ4v) is 3.06. The van der Waals surface area contributed by atoms with Crippen LogP contribution in [-0.2, 0) is 9.59 Å². The number of carbonyl (C=O) groups excluding carboxylic acids is 1. The number of aliphatic carboxylic acids is 1. The fraction of sp³-hybridized carbons (Fsp3) is 0.579. The zero-order valence-electron chi connectivity index (χ0n) is 14.3. The van der Waals surface area contributed by atoms with Crippen molar-refractivity contribution in [1.29, 1.82) is 0 Å². The Morgan fingerprint density at radius 3 is 2.58 bits per heavy atom. The maximum atomic E-state index is 12.1. The molecule has 0 aliphatic heterocycles. The molecule has 0 spiro atoms. The first-order valence-corrected chi connectivity index (χ1v) is 8.76. The Balaban J connectivity index is 1.57. The summed E-state index contributed by atoms with van der Waals surface area (Å²) in [6.45, 7) is 3.28. The van der Waals surface area contributed by atoms with Crippen molar-refractivity contribution >= 4 is 11.9 Å². The number of nitrogens with one attached hydrogen (secondary N) is 1. The van der Waals surface area contributed by atoms with Crippen molar-refractivity contribution in [2.75, 3.05) is 13.2 Å². The molecule has 1 aromatic carbocycles. The molecule has 2 N–H and O–H groups in total. The number of amides is 1. The van der Waals surface area contributed by atoms with Crippen LogP contribution in [0.15, 0.2) is 24.3 Å². The van der Waals surface area contributed by atoms with Crippen molar-refractivity contribution in [3.05, 3.63) is 29.8 Å². The summed E-state index contributed by atoms with van der Waals surface area (Å²) in [5.74, 6) is -0.422. The third kappa shape index (κ3) is 5.87. The van der Waals surface area contributed by atoms with E-state index in [1.165, 1.54) is 5.56 Å². The van der Waals surface area contributed by atoms with E-state index in [0.717, 1.165) is 31.4 Å². The molecular formula is C19H27NO4. The van der Waals surface area contributed by atoms with Crippen LogP contribution in [0.1, 0.15) is 44.1 Å². The number of carboxylic acid groups (broad SMARTS) is 1. The first kappa shape index (κ1) is 18.3. The monoisotopic (exact) mass is 333 g/mol. The molecule has 1 amide bonds. The van der Waals surface area contributed by atoms with Crippen LogP contribution in [0.2, 0.25) is 0 Å². The zero-order valence-corrected chi connectivity index (χ0v) is 14.3. The maximum absolute atomic E-state index is 12.1. The van der Waals surface area contributed by atoms with Crippen LogP contribution < -0.4 is 10.1 Å². The van der Waals surface area contributed by atoms with Crippen molar-refractivity contribution in [1.82, 2.24) is 5.32 Å². The van der Waals surface area contributed by atoms with Gasteiger partial charge in [-0.1, -0.05) is 24.1 Å². The van der Waals surface area contributed by atoms with Crippen LogP contribution in [0.4, 0.5) is 0 Å². The number of benzene rings is 1. The zero-order chi connectivity index (χ0) is 17.4. The van der Waals surface area contributed by atoms with E-state index >= 15 is 0 Å². The van der Waals surface area contributed by atoms with E-state index in [-0.39, 0.29) is 17.7 Å². The van der Waals surface area contributed by atoms with Crippen LogP contribution in [-0.4, -0.2) is 30.1 Å². The number of unbranched alkanes of at least 4 members (excludes halogenated alkanes) is 1. The van der Waals surface area contributed by atoms with E-state index in [2.05, 4.69) is 5.32 Å². The lowest BCUT2D eigenvalue weighted by Gasteiger charge is -2.25. The average Bonchev–Trinajstić information content (AvgIpc) is 2.59. The van der Waals surface area contributed by atoms with Crippen LogP contribution in [0.25, 0.3) is 0 Å². The number of rotatable bonds is 8. The van der Waals surface area contributed by atoms with Gasteiger partial charge in [0.1, 0.15) is 5.75 Å². The van der Waals surface area contributed by atoms with Crippen molar-refractivity contribution in [2.45, 2.75) is 45.4 Å². The first-order valence-electron chi connectivity index (χ1n) is 8.76. The Morgan fingerprint density at radius 2 is 1.88 bits per heavy atom. The number of ether oxygens (including phenoxy) is 1. The minimum atomic E-state index is -0.777. The van der Waals surface area contributed by atoms with Crippen LogP contribution in [0.5, 0.6) is 5.75 Å². The minimum absolute atomic E-state index is 0.000373. The minimum Gasteiger partial charge on any atom is -0.494 e. The van der Waals surface area contributed by atoms with E-state index in [4.69, 9.17) is 9.84 Å². The highest BCUT2D eigenvalue weighted by molar-refractivity contribution is 5.80. The molecule has 2 rings (SSSR count). The van der Waals surface area contributed by atoms with E-state index in [1.54, 1.807) is 0 Å². The standard InChI is InChI=1S/C19H27NO4/c1-14-7-9-17(10-8-14)24-12-3-2-11-20-18(21)15-5-4-6-16(13-15)19(22)23/h7-10,15-16H,2-6,11-13H2,1H3,(H,20,21)(H,22,23). The number of aryl methyl sites for hydroxylation is 1. The van der Waals surface area contributed by atoms with Crippen LogP contribution in [0.3, 0.4) is 0 Å². The predicted molar refractivity (Wildman–Crippen MR) is 92.0 cm³/mol. The highest BCUT2D eigenvalue weighted by Gasteiger charge is 2.30. The van der Waals surface area contributed by atoms with Gasteiger partial charge in [0.2, 0.25) is 5.91 Å². The summed E-state index contributed by atoms with van der Waals surface area (Å²) in [6, 6.07) is 7.95. The van der Waals surface area contributed by atoms with Gasteiger partial charge < -0.3 is 15.2 Å². The highest BCUT2D eigenvalue weighted by Crippen LogP contribution is 2.29. The first-order chi connectivity index (χ1) is 11.6. The Kier molecular flexibility index (Phi) is 7.09. The molecule has 0 aromatic heterocycles. The molecule has 1 aliphatic carbocycles. The SMILES string of the molecule is Cc1ccc(OCCCCNC(=O)C2CCCC(C(=O)O)C2)cc1. The third-order valence-electron chi connectivity index (χ3n) is 4.55. The van der Waals surface area contributed by atoms with Gasteiger partial charge in [-0.2, -0.15) is 0 Å². The van der Waals surface area contributed by atoms with Crippen LogP contribution in [0, 0.1) is 18.8 Å². The van der Waals surface area contributed by atoms with E-state index in [0.29, 0.717) is 26.0 Å². The van der Waals surface area contributed by atoms with Gasteiger partial charge in [0, 0.05) is 12.5 Å². The number of carbonyl (C=O) groups is 2. The second kappa shape index (κ2) is 9.30. The van der Waals surface area contributed by atoms with Gasteiger partial charge in [-0.05, 0) is 51.2 Å². The van der Waals surface area contributed by atoms with Gasteiger partial charge in [0.15, 0.2) is 0 Å². The highest BCUT2D eigenvalue weighted by atomic mass is 16.5. The largest absolute Gasteiger partial charge is 0.494 e. The van der Waals surface area contributed by atoms with Gasteiger partial charge in [0.05, 0.1) is 12.5 Å². The average molecular weight is 333 g/mol. The number of carboxylic acids is 1. The molecule has 0 heterocycles. The molecule has 0 saturated heterocycles. The van der Waals surface area contributed by atoms with Crippen molar-refractivity contribution < 1.29 is 19.4 Å². The Hall–Kier alpha value is -2.04. The fourth-order valence-electron chi connectivity index (χ4n) is 3.06. The Bertz CT molecular complexity index is 541. The summed E-state index contributed by atoms with van der Waals surface area (Å²) in [4.78, 5) is 23.2. The van der Waals surface area contributed by atoms with Crippen molar-refractivity contribution in [2.24, 2.45) is 11.8 Å². The Morgan fingerprint density at radius 1 is 1.17 bits per heavy atom. The van der Waals surface area contributed by atoms with Gasteiger partial charge in [-0.15, -0.1) is 0 Å². The second-order valence-corrected chi connectivity index (χ2v) is 6.56. The lowest BCUT2D eigenvalue weighted by atomic mass is 9.81. The lowest BCUT2D eigenvalue weighted by molar-refractivity contribution is -0.144. The van der Waals surface area contributed by atoms with Gasteiger partial charge in [0.25, 0.3) is 0 Å². The van der Waals surface area contributed by atoms with Gasteiger partial charge in [-0.25, -0.2) is 0 Å². The number of hydrogen-bond donors (Lipinski definition) is 2. The molecule has 1 aromatic rings. The topological polar surface area (TPSA) is 75.6 Å². The van der Waals surface area contributed by atoms with Crippen LogP contribution >= 0.6 is 0 Å². The molecule has 24 heavy (non-hydrogen) atoms. The van der Waals surface area contributed by atoms with Crippen molar-refractivity contribution in [3.8, 4) is 5.75 Å². The lowest BCUT2D eigenvalue weighted by Crippen LogP contribution is -2.35. The molecular weight excluding hydrogens is 306 g/mol. The second-order valence-electron chi connectivity index (χ2n) is 6.56.